The Morgan fingerprint density at radius 2 is 2.08 bits per heavy atom. The van der Waals surface area contributed by atoms with E-state index in [9.17, 15) is 14.4 Å². The summed E-state index contributed by atoms with van der Waals surface area (Å²) in [4.78, 5) is 40.3. The van der Waals surface area contributed by atoms with Crippen molar-refractivity contribution >= 4 is 34.9 Å². The highest BCUT2D eigenvalue weighted by Crippen LogP contribution is 2.08. The van der Waals surface area contributed by atoms with Crippen LogP contribution in [0.2, 0.25) is 5.02 Å². The molecule has 0 aliphatic rings. The Morgan fingerprint density at radius 1 is 1.31 bits per heavy atom. The fraction of sp³-hybridized carbons (Fsp3) is 0.188. The first-order valence-corrected chi connectivity index (χ1v) is 7.94. The zero-order valence-corrected chi connectivity index (χ0v) is 14.8. The van der Waals surface area contributed by atoms with E-state index in [0.29, 0.717) is 5.02 Å². The third kappa shape index (κ3) is 3.29. The summed E-state index contributed by atoms with van der Waals surface area (Å²) < 4.78 is 3.60. The van der Waals surface area contributed by atoms with Crippen LogP contribution < -0.4 is 16.7 Å². The van der Waals surface area contributed by atoms with Gasteiger partial charge in [0.05, 0.1) is 12.5 Å². The number of rotatable bonds is 4. The topological polar surface area (TPSA) is 103 Å². The van der Waals surface area contributed by atoms with E-state index < -0.39 is 17.2 Å². The van der Waals surface area contributed by atoms with Crippen LogP contribution in [-0.4, -0.2) is 30.8 Å². The first kappa shape index (κ1) is 17.6. The van der Waals surface area contributed by atoms with Gasteiger partial charge in [0.15, 0.2) is 11.2 Å². The van der Waals surface area contributed by atoms with E-state index in [1.54, 1.807) is 24.3 Å². The van der Waals surface area contributed by atoms with Crippen molar-refractivity contribution in [1.82, 2.24) is 24.1 Å². The van der Waals surface area contributed by atoms with E-state index in [2.05, 4.69) is 15.5 Å². The molecule has 1 N–H and O–H groups in total. The summed E-state index contributed by atoms with van der Waals surface area (Å²) in [5.74, 6) is -0.446. The van der Waals surface area contributed by atoms with Crippen LogP contribution in [-0.2, 0) is 25.4 Å². The molecule has 0 bridgehead atoms. The minimum Gasteiger partial charge on any atom is -0.315 e. The zero-order valence-electron chi connectivity index (χ0n) is 14.0. The fourth-order valence-electron chi connectivity index (χ4n) is 2.47. The largest absolute Gasteiger partial charge is 0.332 e. The number of aryl methyl sites for hydroxylation is 1. The van der Waals surface area contributed by atoms with E-state index in [4.69, 9.17) is 11.6 Å². The summed E-state index contributed by atoms with van der Waals surface area (Å²) >= 11 is 5.87. The number of aromatic nitrogens is 4. The van der Waals surface area contributed by atoms with Gasteiger partial charge in [-0.3, -0.25) is 18.7 Å². The van der Waals surface area contributed by atoms with Crippen LogP contribution >= 0.6 is 11.6 Å². The minimum absolute atomic E-state index is 0.170. The number of nitrogens with zero attached hydrogens (tertiary/aromatic N) is 5. The molecular formula is C16H15ClN6O3. The number of amides is 1. The number of hydrogen-bond acceptors (Lipinski definition) is 5. The highest BCUT2D eigenvalue weighted by Gasteiger charge is 2.15. The Kier molecular flexibility index (Phi) is 4.72. The number of nitrogens with one attached hydrogen (secondary N) is 1. The molecule has 3 aromatic rings. The van der Waals surface area contributed by atoms with Gasteiger partial charge in [-0.05, 0) is 17.7 Å². The lowest BCUT2D eigenvalue weighted by atomic mass is 10.2. The molecule has 0 spiro atoms. The van der Waals surface area contributed by atoms with Crippen molar-refractivity contribution in [2.45, 2.75) is 6.54 Å². The van der Waals surface area contributed by atoms with Crippen LogP contribution in [0.5, 0.6) is 0 Å². The van der Waals surface area contributed by atoms with Crippen molar-refractivity contribution in [3.05, 3.63) is 62.0 Å². The third-order valence-electron chi connectivity index (χ3n) is 3.78. The standard InChI is InChI=1S/C16H15ClN6O3/c1-21-14-13(15(25)22(2)16(21)26)23(9-18-14)8-12(24)20-19-7-10-4-3-5-11(17)6-10/h3-7,9H,8H2,1-2H3,(H,20,24)/b19-7+. The lowest BCUT2D eigenvalue weighted by molar-refractivity contribution is -0.121. The molecule has 0 atom stereocenters. The molecule has 10 heteroatoms. The van der Waals surface area contributed by atoms with Crippen LogP contribution in [0.25, 0.3) is 11.2 Å². The van der Waals surface area contributed by atoms with Gasteiger partial charge in [0.25, 0.3) is 11.5 Å². The molecule has 0 aliphatic heterocycles. The molecule has 0 saturated carbocycles. The Bertz CT molecular complexity index is 1140. The predicted octanol–water partition coefficient (Wildman–Crippen LogP) is 0.237. The van der Waals surface area contributed by atoms with Gasteiger partial charge < -0.3 is 4.57 Å². The SMILES string of the molecule is Cn1c(=O)c2c(ncn2CC(=O)N/N=C/c2cccc(Cl)c2)n(C)c1=O. The van der Waals surface area contributed by atoms with E-state index in [1.165, 1.54) is 35.8 Å². The number of hydrogen-bond donors (Lipinski definition) is 1. The van der Waals surface area contributed by atoms with Crippen molar-refractivity contribution in [1.29, 1.82) is 0 Å². The molecule has 3 rings (SSSR count). The monoisotopic (exact) mass is 374 g/mol. The van der Waals surface area contributed by atoms with Gasteiger partial charge in [-0.25, -0.2) is 15.2 Å². The van der Waals surface area contributed by atoms with Crippen molar-refractivity contribution < 1.29 is 4.79 Å². The van der Waals surface area contributed by atoms with Crippen LogP contribution in [0.3, 0.4) is 0 Å². The summed E-state index contributed by atoms with van der Waals surface area (Å²) in [5, 5.41) is 4.42. The van der Waals surface area contributed by atoms with E-state index in [1.807, 2.05) is 0 Å². The van der Waals surface area contributed by atoms with E-state index in [-0.39, 0.29) is 17.7 Å². The maximum atomic E-state index is 12.3. The molecule has 134 valence electrons. The second-order valence-corrected chi connectivity index (χ2v) is 6.04. The quantitative estimate of drug-likeness (QED) is 0.521. The van der Waals surface area contributed by atoms with Crippen LogP contribution in [0, 0.1) is 0 Å². The van der Waals surface area contributed by atoms with Crippen molar-refractivity contribution in [2.24, 2.45) is 19.2 Å². The molecule has 2 aromatic heterocycles. The average molecular weight is 375 g/mol. The number of benzene rings is 1. The van der Waals surface area contributed by atoms with Gasteiger partial charge in [0, 0.05) is 19.1 Å². The molecule has 0 saturated heterocycles. The molecule has 0 fully saturated rings. The third-order valence-corrected chi connectivity index (χ3v) is 4.02. The summed E-state index contributed by atoms with van der Waals surface area (Å²) in [7, 11) is 2.88. The van der Waals surface area contributed by atoms with Crippen molar-refractivity contribution in [2.75, 3.05) is 0 Å². The number of hydrazone groups is 1. The Labute approximate surface area is 152 Å². The first-order chi connectivity index (χ1) is 12.4. The molecule has 26 heavy (non-hydrogen) atoms. The molecule has 0 unspecified atom stereocenters. The average Bonchev–Trinajstić information content (AvgIpc) is 3.02. The highest BCUT2D eigenvalue weighted by atomic mass is 35.5. The molecule has 2 heterocycles. The summed E-state index contributed by atoms with van der Waals surface area (Å²) in [6.45, 7) is -0.170. The molecule has 0 radical (unpaired) electrons. The lowest BCUT2D eigenvalue weighted by Crippen LogP contribution is -2.38. The van der Waals surface area contributed by atoms with Gasteiger partial charge >= 0.3 is 5.69 Å². The maximum Gasteiger partial charge on any atom is 0.332 e. The Morgan fingerprint density at radius 3 is 2.81 bits per heavy atom. The van der Waals surface area contributed by atoms with Gasteiger partial charge in [-0.2, -0.15) is 5.10 Å². The molecule has 1 amide bonds. The molecule has 1 aromatic carbocycles. The second-order valence-electron chi connectivity index (χ2n) is 5.60. The smallest absolute Gasteiger partial charge is 0.315 e. The van der Waals surface area contributed by atoms with Gasteiger partial charge in [0.2, 0.25) is 0 Å². The molecule has 0 aliphatic carbocycles. The first-order valence-electron chi connectivity index (χ1n) is 7.57. The normalized spacial score (nSPS) is 11.3. The van der Waals surface area contributed by atoms with Gasteiger partial charge in [-0.1, -0.05) is 23.7 Å². The van der Waals surface area contributed by atoms with Crippen molar-refractivity contribution in [3.63, 3.8) is 0 Å². The number of halogens is 1. The Hall–Kier alpha value is -3.20. The number of fused-ring (bicyclic) bond motifs is 1. The predicted molar refractivity (Wildman–Crippen MR) is 97.4 cm³/mol. The summed E-state index contributed by atoms with van der Waals surface area (Å²) in [5.41, 5.74) is 2.49. The number of carbonyl (C=O) groups excluding carboxylic acids is 1. The molecular weight excluding hydrogens is 360 g/mol. The van der Waals surface area contributed by atoms with Crippen LogP contribution in [0.4, 0.5) is 0 Å². The summed E-state index contributed by atoms with van der Waals surface area (Å²) in [6, 6.07) is 6.98. The number of imidazole rings is 1. The fourth-order valence-corrected chi connectivity index (χ4v) is 2.67. The zero-order chi connectivity index (χ0) is 18.8. The van der Waals surface area contributed by atoms with Crippen LogP contribution in [0.15, 0.2) is 45.3 Å². The van der Waals surface area contributed by atoms with E-state index >= 15 is 0 Å². The van der Waals surface area contributed by atoms with E-state index in [0.717, 1.165) is 10.1 Å². The van der Waals surface area contributed by atoms with Crippen LogP contribution in [0.1, 0.15) is 5.56 Å². The molecule has 9 nitrogen and oxygen atoms in total. The van der Waals surface area contributed by atoms with Crippen molar-refractivity contribution in [3.8, 4) is 0 Å². The number of carbonyl (C=O) groups is 1. The Balaban J connectivity index is 1.80. The van der Waals surface area contributed by atoms with Gasteiger partial charge in [-0.15, -0.1) is 0 Å². The second kappa shape index (κ2) is 6.96. The summed E-state index contributed by atoms with van der Waals surface area (Å²) in [6.07, 6.45) is 2.80. The van der Waals surface area contributed by atoms with Gasteiger partial charge in [0.1, 0.15) is 6.54 Å². The maximum absolute atomic E-state index is 12.3. The lowest BCUT2D eigenvalue weighted by Gasteiger charge is -2.06. The minimum atomic E-state index is -0.518. The highest BCUT2D eigenvalue weighted by molar-refractivity contribution is 6.30.